The predicted octanol–water partition coefficient (Wildman–Crippen LogP) is 3.82. The fraction of sp³-hybridized carbons (Fsp3) is 1.00. The van der Waals surface area contributed by atoms with Crippen LogP contribution in [-0.2, 0) is 5.21 Å². The minimum absolute atomic E-state index is 0.269. The topological polar surface area (TPSA) is 26.4 Å². The van der Waals surface area contributed by atoms with Crippen molar-refractivity contribution in [3.63, 3.8) is 0 Å². The number of unbranched alkanes of at least 4 members (excludes halogenated alkanes) is 2. The molecule has 3 nitrogen and oxygen atoms in total. The second-order valence-electron chi connectivity index (χ2n) is 6.42. The number of nitrogens with zero attached hydrogens (tertiary/aromatic N) is 2. The minimum Gasteiger partial charge on any atom is -0.282 e. The predicted molar refractivity (Wildman–Crippen MR) is 75.6 cm³/mol. The summed E-state index contributed by atoms with van der Waals surface area (Å²) in [7, 11) is 2.13. The van der Waals surface area contributed by atoms with Gasteiger partial charge in [0, 0.05) is 6.04 Å². The molecule has 0 amide bonds. The highest BCUT2D eigenvalue weighted by Gasteiger charge is 2.58. The first kappa shape index (κ1) is 15.9. The van der Waals surface area contributed by atoms with Gasteiger partial charge in [-0.05, 0) is 40.7 Å². The van der Waals surface area contributed by atoms with E-state index in [0.29, 0.717) is 6.04 Å². The van der Waals surface area contributed by atoms with Crippen molar-refractivity contribution in [2.24, 2.45) is 0 Å². The Morgan fingerprint density at radius 3 is 1.78 bits per heavy atom. The molecule has 0 aromatic heterocycles. The van der Waals surface area contributed by atoms with Gasteiger partial charge in [0.15, 0.2) is 0 Å². The Morgan fingerprint density at radius 1 is 1.06 bits per heavy atom. The number of rotatable bonds is 6. The summed E-state index contributed by atoms with van der Waals surface area (Å²) in [5, 5.41) is 14.3. The number of hydrogen-bond donors (Lipinski definition) is 0. The van der Waals surface area contributed by atoms with Gasteiger partial charge in [0.1, 0.15) is 5.66 Å². The van der Waals surface area contributed by atoms with Crippen LogP contribution in [-0.4, -0.2) is 34.3 Å². The van der Waals surface area contributed by atoms with Crippen molar-refractivity contribution in [1.29, 1.82) is 0 Å². The van der Waals surface area contributed by atoms with Gasteiger partial charge < -0.3 is 0 Å². The molecule has 0 aromatic rings. The zero-order valence-electron chi connectivity index (χ0n) is 13.1. The van der Waals surface area contributed by atoms with Gasteiger partial charge >= 0.3 is 0 Å². The van der Waals surface area contributed by atoms with Crippen LogP contribution < -0.4 is 0 Å². The van der Waals surface area contributed by atoms with Crippen molar-refractivity contribution in [3.05, 3.63) is 0 Å². The molecular weight excluding hydrogens is 224 g/mol. The van der Waals surface area contributed by atoms with Gasteiger partial charge in [-0.15, -0.1) is 10.3 Å². The van der Waals surface area contributed by atoms with Crippen molar-refractivity contribution in [3.8, 4) is 0 Å². The van der Waals surface area contributed by atoms with E-state index in [4.69, 9.17) is 0 Å². The highest BCUT2D eigenvalue weighted by atomic mass is 16.5. The van der Waals surface area contributed by atoms with Crippen LogP contribution in [0.3, 0.4) is 0 Å². The molecule has 1 radical (unpaired) electrons. The van der Waals surface area contributed by atoms with Crippen molar-refractivity contribution in [1.82, 2.24) is 9.96 Å². The molecule has 0 saturated carbocycles. The molecule has 1 saturated heterocycles. The molecule has 1 fully saturated rings. The summed E-state index contributed by atoms with van der Waals surface area (Å²) in [4.78, 5) is 2.34. The zero-order valence-corrected chi connectivity index (χ0v) is 13.1. The van der Waals surface area contributed by atoms with Crippen molar-refractivity contribution < 1.29 is 5.21 Å². The second-order valence-corrected chi connectivity index (χ2v) is 6.42. The lowest BCUT2D eigenvalue weighted by atomic mass is 9.94. The molecule has 1 aliphatic rings. The molecule has 0 spiro atoms. The Balaban J connectivity index is 3.00. The summed E-state index contributed by atoms with van der Waals surface area (Å²) in [6, 6.07) is 0.309. The van der Waals surface area contributed by atoms with E-state index in [9.17, 15) is 5.21 Å². The van der Waals surface area contributed by atoms with Gasteiger partial charge in [0.05, 0.1) is 5.54 Å². The van der Waals surface area contributed by atoms with E-state index in [2.05, 4.69) is 46.6 Å². The molecule has 1 rings (SSSR count). The smallest absolute Gasteiger partial charge is 0.102 e. The number of hydroxylamine groups is 2. The van der Waals surface area contributed by atoms with Gasteiger partial charge in [-0.25, -0.2) is 0 Å². The van der Waals surface area contributed by atoms with Crippen molar-refractivity contribution in [2.45, 2.75) is 90.4 Å². The van der Waals surface area contributed by atoms with Crippen LogP contribution in [0.15, 0.2) is 0 Å². The van der Waals surface area contributed by atoms with E-state index in [1.165, 1.54) is 5.06 Å². The summed E-state index contributed by atoms with van der Waals surface area (Å²) < 4.78 is 0. The number of likely N-dealkylation sites (N-methyl/N-ethyl adjacent to an activating group) is 1. The average molecular weight is 255 g/mol. The standard InChI is InChI=1S/C15H31N2O/c1-7-9-11-15(12-10-8-2)16(6)13(3)14(4,5)17(15)18/h13H,7-12H2,1-6H3. The van der Waals surface area contributed by atoms with Crippen LogP contribution in [0, 0.1) is 0 Å². The first-order valence-corrected chi connectivity index (χ1v) is 7.55. The molecule has 107 valence electrons. The Bertz CT molecular complexity index is 257. The summed E-state index contributed by atoms with van der Waals surface area (Å²) in [6.45, 7) is 10.8. The molecule has 3 heteroatoms. The Kier molecular flexibility index (Phi) is 5.22. The first-order valence-electron chi connectivity index (χ1n) is 7.55. The monoisotopic (exact) mass is 255 g/mol. The summed E-state index contributed by atoms with van der Waals surface area (Å²) >= 11 is 0. The maximum absolute atomic E-state index is 12.9. The Hall–Kier alpha value is -0.120. The zero-order chi connectivity index (χ0) is 14.0. The summed E-state index contributed by atoms with van der Waals surface area (Å²) in [5.74, 6) is 0. The molecular formula is C15H31N2O. The van der Waals surface area contributed by atoms with Crippen molar-refractivity contribution >= 4 is 0 Å². The lowest BCUT2D eigenvalue weighted by Crippen LogP contribution is -2.53. The lowest BCUT2D eigenvalue weighted by Gasteiger charge is -2.40. The third-order valence-corrected chi connectivity index (χ3v) is 5.02. The molecule has 1 heterocycles. The molecule has 0 aliphatic carbocycles. The van der Waals surface area contributed by atoms with E-state index in [1.54, 1.807) is 0 Å². The van der Waals surface area contributed by atoms with Gasteiger partial charge in [0.25, 0.3) is 0 Å². The van der Waals surface area contributed by atoms with Gasteiger partial charge in [-0.1, -0.05) is 39.5 Å². The fourth-order valence-electron chi connectivity index (χ4n) is 3.28. The second kappa shape index (κ2) is 5.89. The summed E-state index contributed by atoms with van der Waals surface area (Å²) in [5.41, 5.74) is -0.550. The lowest BCUT2D eigenvalue weighted by molar-refractivity contribution is -0.272. The van der Waals surface area contributed by atoms with E-state index in [0.717, 1.165) is 38.5 Å². The maximum atomic E-state index is 12.9. The normalized spacial score (nSPS) is 27.8. The minimum atomic E-state index is -0.282. The van der Waals surface area contributed by atoms with Crippen LogP contribution >= 0.6 is 0 Å². The van der Waals surface area contributed by atoms with Gasteiger partial charge in [-0.2, -0.15) is 0 Å². The fourth-order valence-corrected chi connectivity index (χ4v) is 3.28. The summed E-state index contributed by atoms with van der Waals surface area (Å²) in [6.07, 6.45) is 6.58. The van der Waals surface area contributed by atoms with Gasteiger partial charge in [-0.3, -0.25) is 4.90 Å². The molecule has 1 atom stereocenters. The van der Waals surface area contributed by atoms with Gasteiger partial charge in [0.2, 0.25) is 0 Å². The molecule has 1 aliphatic heterocycles. The third kappa shape index (κ3) is 2.45. The SMILES string of the molecule is CCCCC1(CCCC)N(C)C(C)C(C)(C)N1[O]. The van der Waals surface area contributed by atoms with E-state index in [-0.39, 0.29) is 11.2 Å². The maximum Gasteiger partial charge on any atom is 0.102 e. The van der Waals surface area contributed by atoms with E-state index in [1.807, 2.05) is 0 Å². The third-order valence-electron chi connectivity index (χ3n) is 5.02. The molecule has 0 aromatic carbocycles. The Morgan fingerprint density at radius 2 is 1.50 bits per heavy atom. The Labute approximate surface area is 113 Å². The molecule has 18 heavy (non-hydrogen) atoms. The van der Waals surface area contributed by atoms with Crippen LogP contribution in [0.4, 0.5) is 0 Å². The molecule has 1 unspecified atom stereocenters. The van der Waals surface area contributed by atoms with E-state index < -0.39 is 0 Å². The first-order chi connectivity index (χ1) is 8.34. The largest absolute Gasteiger partial charge is 0.282 e. The number of hydrogen-bond acceptors (Lipinski definition) is 2. The molecule has 0 N–H and O–H groups in total. The van der Waals surface area contributed by atoms with Crippen LogP contribution in [0.2, 0.25) is 0 Å². The van der Waals surface area contributed by atoms with Crippen LogP contribution in [0.25, 0.3) is 0 Å². The van der Waals surface area contributed by atoms with Crippen LogP contribution in [0.5, 0.6) is 0 Å². The van der Waals surface area contributed by atoms with Crippen molar-refractivity contribution in [2.75, 3.05) is 7.05 Å². The van der Waals surface area contributed by atoms with E-state index >= 15 is 0 Å². The average Bonchev–Trinajstić information content (AvgIpc) is 2.47. The highest BCUT2D eigenvalue weighted by Crippen LogP contribution is 2.45. The quantitative estimate of drug-likeness (QED) is 0.721. The van der Waals surface area contributed by atoms with Crippen LogP contribution in [0.1, 0.15) is 73.1 Å². The molecule has 0 bridgehead atoms. The highest BCUT2D eigenvalue weighted by molar-refractivity contribution is 5.06.